The molecule has 1 unspecified atom stereocenters. The topological polar surface area (TPSA) is 26.0 Å². The highest BCUT2D eigenvalue weighted by Crippen LogP contribution is 2.29. The Labute approximate surface area is 115 Å². The Balaban J connectivity index is 2.41. The van der Waals surface area contributed by atoms with Crippen LogP contribution in [-0.4, -0.2) is 0 Å². The van der Waals surface area contributed by atoms with Gasteiger partial charge in [0.2, 0.25) is 0 Å². The van der Waals surface area contributed by atoms with E-state index in [4.69, 9.17) is 5.73 Å². The van der Waals surface area contributed by atoms with E-state index < -0.39 is 0 Å². The van der Waals surface area contributed by atoms with E-state index >= 15 is 0 Å². The number of nitrogens with two attached hydrogens (primary N) is 1. The van der Waals surface area contributed by atoms with Gasteiger partial charge in [0.25, 0.3) is 0 Å². The van der Waals surface area contributed by atoms with Crippen molar-refractivity contribution in [2.24, 2.45) is 5.73 Å². The molecule has 78 valence electrons. The predicted molar refractivity (Wildman–Crippen MR) is 77.2 cm³/mol. The summed E-state index contributed by atoms with van der Waals surface area (Å²) in [4.78, 5) is 1.20. The van der Waals surface area contributed by atoms with Crippen LogP contribution in [0, 0.1) is 3.57 Å². The second kappa shape index (κ2) is 4.95. The summed E-state index contributed by atoms with van der Waals surface area (Å²) in [5, 5.41) is 2.06. The fourth-order valence-electron chi connectivity index (χ4n) is 1.37. The third-order valence-electron chi connectivity index (χ3n) is 2.14. The highest BCUT2D eigenvalue weighted by atomic mass is 127. The van der Waals surface area contributed by atoms with Gasteiger partial charge in [0.05, 0.1) is 6.04 Å². The van der Waals surface area contributed by atoms with Crippen molar-refractivity contribution in [2.45, 2.75) is 6.04 Å². The van der Waals surface area contributed by atoms with Crippen LogP contribution in [0.25, 0.3) is 0 Å². The van der Waals surface area contributed by atoms with Gasteiger partial charge in [-0.2, -0.15) is 0 Å². The molecule has 15 heavy (non-hydrogen) atoms. The van der Waals surface area contributed by atoms with Crippen LogP contribution in [0.1, 0.15) is 16.5 Å². The fraction of sp³-hybridized carbons (Fsp3) is 0.0909. The summed E-state index contributed by atoms with van der Waals surface area (Å²) in [6.07, 6.45) is 0. The molecule has 1 atom stereocenters. The van der Waals surface area contributed by atoms with Crippen LogP contribution < -0.4 is 5.73 Å². The quantitative estimate of drug-likeness (QED) is 0.761. The summed E-state index contributed by atoms with van der Waals surface area (Å²) in [7, 11) is 0. The van der Waals surface area contributed by atoms with Crippen LogP contribution in [0.3, 0.4) is 0 Å². The van der Waals surface area contributed by atoms with Crippen LogP contribution in [0.5, 0.6) is 0 Å². The van der Waals surface area contributed by atoms with E-state index in [9.17, 15) is 0 Å². The van der Waals surface area contributed by atoms with E-state index in [2.05, 4.69) is 62.1 Å². The smallest absolute Gasteiger partial charge is 0.0656 e. The largest absolute Gasteiger partial charge is 0.320 e. The molecular weight excluding hydrogens is 385 g/mol. The van der Waals surface area contributed by atoms with Gasteiger partial charge in [-0.05, 0) is 57.8 Å². The van der Waals surface area contributed by atoms with Gasteiger partial charge in [0.1, 0.15) is 0 Å². The van der Waals surface area contributed by atoms with Gasteiger partial charge in [-0.3, -0.25) is 0 Å². The lowest BCUT2D eigenvalue weighted by molar-refractivity contribution is 0.885. The van der Waals surface area contributed by atoms with E-state index in [0.29, 0.717) is 0 Å². The zero-order valence-corrected chi connectivity index (χ0v) is 12.3. The first-order valence-electron chi connectivity index (χ1n) is 4.42. The maximum Gasteiger partial charge on any atom is 0.0656 e. The maximum absolute atomic E-state index is 6.22. The molecule has 0 aliphatic carbocycles. The third-order valence-corrected chi connectivity index (χ3v) is 4.57. The highest BCUT2D eigenvalue weighted by Gasteiger charge is 2.13. The zero-order chi connectivity index (χ0) is 10.8. The molecule has 1 aromatic carbocycles. The molecule has 0 fully saturated rings. The lowest BCUT2D eigenvalue weighted by Crippen LogP contribution is -2.11. The minimum Gasteiger partial charge on any atom is -0.320 e. The first kappa shape index (κ1) is 11.6. The molecule has 1 aromatic heterocycles. The zero-order valence-electron chi connectivity index (χ0n) is 7.78. The van der Waals surface area contributed by atoms with Crippen LogP contribution in [0.4, 0.5) is 0 Å². The van der Waals surface area contributed by atoms with Crippen molar-refractivity contribution in [3.63, 3.8) is 0 Å². The van der Waals surface area contributed by atoms with Gasteiger partial charge >= 0.3 is 0 Å². The van der Waals surface area contributed by atoms with E-state index in [1.54, 1.807) is 11.3 Å². The highest BCUT2D eigenvalue weighted by molar-refractivity contribution is 14.1. The molecule has 4 heteroatoms. The minimum atomic E-state index is -0.0191. The van der Waals surface area contributed by atoms with Crippen molar-refractivity contribution in [1.82, 2.24) is 0 Å². The number of hydrogen-bond donors (Lipinski definition) is 1. The average molecular weight is 394 g/mol. The van der Waals surface area contributed by atoms with E-state index in [0.717, 1.165) is 4.47 Å². The number of rotatable bonds is 2. The molecule has 0 bridgehead atoms. The molecule has 0 spiro atoms. The molecule has 0 radical (unpaired) electrons. The lowest BCUT2D eigenvalue weighted by atomic mass is 10.1. The molecule has 2 N–H and O–H groups in total. The molecular formula is C11H9BrINS. The van der Waals surface area contributed by atoms with Gasteiger partial charge < -0.3 is 5.73 Å². The van der Waals surface area contributed by atoms with Crippen LogP contribution in [-0.2, 0) is 0 Å². The standard InChI is InChI=1S/C11H9BrINS/c12-7-3-4-9(13)8(6-7)11(14)10-2-1-5-15-10/h1-6,11H,14H2. The Hall–Kier alpha value is 0.0900. The molecule has 0 aliphatic heterocycles. The van der Waals surface area contributed by atoms with E-state index in [1.807, 2.05) is 12.1 Å². The molecule has 0 amide bonds. The Kier molecular flexibility index (Phi) is 3.82. The van der Waals surface area contributed by atoms with Gasteiger partial charge in [-0.1, -0.05) is 22.0 Å². The molecule has 1 heterocycles. The van der Waals surface area contributed by atoms with Gasteiger partial charge in [0, 0.05) is 12.9 Å². The minimum absolute atomic E-state index is 0.0191. The Morgan fingerprint density at radius 2 is 2.13 bits per heavy atom. The van der Waals surface area contributed by atoms with Crippen molar-refractivity contribution in [3.05, 3.63) is 54.2 Å². The molecule has 2 aromatic rings. The van der Waals surface area contributed by atoms with Crippen molar-refractivity contribution in [3.8, 4) is 0 Å². The fourth-order valence-corrected chi connectivity index (χ4v) is 3.17. The first-order valence-corrected chi connectivity index (χ1v) is 7.17. The Bertz CT molecular complexity index is 456. The van der Waals surface area contributed by atoms with Gasteiger partial charge in [0.15, 0.2) is 0 Å². The van der Waals surface area contributed by atoms with Crippen LogP contribution in [0.15, 0.2) is 40.2 Å². The number of hydrogen-bond acceptors (Lipinski definition) is 2. The van der Waals surface area contributed by atoms with Crippen molar-refractivity contribution >= 4 is 49.9 Å². The summed E-state index contributed by atoms with van der Waals surface area (Å²) < 4.78 is 2.28. The number of benzene rings is 1. The van der Waals surface area contributed by atoms with Crippen LogP contribution >= 0.6 is 49.9 Å². The summed E-state index contributed by atoms with van der Waals surface area (Å²) >= 11 is 7.49. The van der Waals surface area contributed by atoms with Crippen molar-refractivity contribution in [1.29, 1.82) is 0 Å². The third kappa shape index (κ3) is 2.61. The van der Waals surface area contributed by atoms with Crippen molar-refractivity contribution in [2.75, 3.05) is 0 Å². The van der Waals surface area contributed by atoms with Gasteiger partial charge in [-0.25, -0.2) is 0 Å². The number of halogens is 2. The monoisotopic (exact) mass is 393 g/mol. The average Bonchev–Trinajstić information content (AvgIpc) is 2.74. The Morgan fingerprint density at radius 3 is 2.80 bits per heavy atom. The Morgan fingerprint density at radius 1 is 1.33 bits per heavy atom. The summed E-state index contributed by atoms with van der Waals surface area (Å²) in [5.74, 6) is 0. The normalized spacial score (nSPS) is 12.7. The number of thiophene rings is 1. The summed E-state index contributed by atoms with van der Waals surface area (Å²) in [6, 6.07) is 10.3. The van der Waals surface area contributed by atoms with Crippen LogP contribution in [0.2, 0.25) is 0 Å². The van der Waals surface area contributed by atoms with E-state index in [-0.39, 0.29) is 6.04 Å². The SMILES string of the molecule is NC(c1cccs1)c1cc(Br)ccc1I. The van der Waals surface area contributed by atoms with Gasteiger partial charge in [-0.15, -0.1) is 11.3 Å². The molecule has 1 nitrogen and oxygen atoms in total. The molecule has 0 saturated carbocycles. The lowest BCUT2D eigenvalue weighted by Gasteiger charge is -2.12. The predicted octanol–water partition coefficient (Wildman–Crippen LogP) is 4.16. The second-order valence-electron chi connectivity index (χ2n) is 3.16. The van der Waals surface area contributed by atoms with E-state index in [1.165, 1.54) is 14.0 Å². The molecule has 2 rings (SSSR count). The first-order chi connectivity index (χ1) is 7.18. The maximum atomic E-state index is 6.22. The summed E-state index contributed by atoms with van der Waals surface area (Å²) in [5.41, 5.74) is 7.39. The van der Waals surface area contributed by atoms with Crippen molar-refractivity contribution < 1.29 is 0 Å². The molecule has 0 saturated heterocycles. The second-order valence-corrected chi connectivity index (χ2v) is 6.22. The summed E-state index contributed by atoms with van der Waals surface area (Å²) in [6.45, 7) is 0. The molecule has 0 aliphatic rings.